The van der Waals surface area contributed by atoms with Crippen LogP contribution in [0.5, 0.6) is 0 Å². The molecular weight excluding hydrogens is 310 g/mol. The monoisotopic (exact) mass is 333 g/mol. The Morgan fingerprint density at radius 3 is 1.74 bits per heavy atom. The van der Waals surface area contributed by atoms with Crippen LogP contribution in [0.3, 0.4) is 0 Å². The lowest BCUT2D eigenvalue weighted by Crippen LogP contribution is -2.42. The molecule has 0 radical (unpaired) electrons. The molecule has 124 valence electrons. The number of hydrogen-bond acceptors (Lipinski definition) is 3. The molecule has 2 rings (SSSR count). The lowest BCUT2D eigenvalue weighted by atomic mass is 9.97. The van der Waals surface area contributed by atoms with E-state index in [9.17, 15) is 13.5 Å². The molecule has 0 amide bonds. The van der Waals surface area contributed by atoms with Crippen molar-refractivity contribution in [1.82, 2.24) is 4.72 Å². The zero-order chi connectivity index (χ0) is 17.1. The molecule has 0 bridgehead atoms. The van der Waals surface area contributed by atoms with E-state index in [0.717, 1.165) is 5.56 Å². The maximum absolute atomic E-state index is 12.5. The highest BCUT2D eigenvalue weighted by atomic mass is 32.2. The molecule has 2 aromatic carbocycles. The molecule has 2 aromatic rings. The highest BCUT2D eigenvalue weighted by molar-refractivity contribution is 7.90. The third-order valence-corrected chi connectivity index (χ3v) is 5.88. The molecule has 0 aromatic heterocycles. The zero-order valence-electron chi connectivity index (χ0n) is 13.6. The first-order valence-corrected chi connectivity index (χ1v) is 9.00. The van der Waals surface area contributed by atoms with Crippen molar-refractivity contribution in [3.63, 3.8) is 0 Å². The van der Waals surface area contributed by atoms with Gasteiger partial charge in [0.2, 0.25) is 10.0 Å². The van der Waals surface area contributed by atoms with Crippen molar-refractivity contribution in [2.24, 2.45) is 0 Å². The molecule has 0 heterocycles. The molecule has 0 spiro atoms. The van der Waals surface area contributed by atoms with Gasteiger partial charge in [0, 0.05) is 0 Å². The van der Waals surface area contributed by atoms with E-state index >= 15 is 0 Å². The van der Waals surface area contributed by atoms with Crippen LogP contribution in [0.4, 0.5) is 0 Å². The van der Waals surface area contributed by atoms with Gasteiger partial charge in [-0.3, -0.25) is 0 Å². The van der Waals surface area contributed by atoms with E-state index in [-0.39, 0.29) is 0 Å². The second-order valence-electron chi connectivity index (χ2n) is 6.48. The number of nitrogens with one attached hydrogen (secondary N) is 1. The number of benzene rings is 2. The summed E-state index contributed by atoms with van der Waals surface area (Å²) in [5, 5.41) is 10.7. The van der Waals surface area contributed by atoms with Crippen LogP contribution in [0.2, 0.25) is 0 Å². The summed E-state index contributed by atoms with van der Waals surface area (Å²) in [6, 6.07) is 17.4. The largest absolute Gasteiger partial charge is 0.386 e. The van der Waals surface area contributed by atoms with Gasteiger partial charge in [-0.05, 0) is 31.9 Å². The van der Waals surface area contributed by atoms with Gasteiger partial charge >= 0.3 is 0 Å². The molecule has 0 fully saturated rings. The molecule has 0 unspecified atom stereocenters. The summed E-state index contributed by atoms with van der Waals surface area (Å²) in [5.74, 6) is 0. The molecular formula is C18H23NO3S. The van der Waals surface area contributed by atoms with Crippen molar-refractivity contribution in [3.8, 4) is 0 Å². The SMILES string of the molecule is CC(C)(C)S(=O)(=O)N[C@@H](c1ccccc1)[C@H](O)c1ccccc1. The van der Waals surface area contributed by atoms with E-state index in [1.807, 2.05) is 48.5 Å². The van der Waals surface area contributed by atoms with Crippen LogP contribution in [0.15, 0.2) is 60.7 Å². The molecule has 23 heavy (non-hydrogen) atoms. The van der Waals surface area contributed by atoms with Crippen molar-refractivity contribution in [2.45, 2.75) is 37.7 Å². The molecule has 2 N–H and O–H groups in total. The Morgan fingerprint density at radius 1 is 0.870 bits per heavy atom. The minimum Gasteiger partial charge on any atom is -0.386 e. The van der Waals surface area contributed by atoms with Gasteiger partial charge in [-0.1, -0.05) is 60.7 Å². The first-order valence-electron chi connectivity index (χ1n) is 7.52. The molecule has 5 heteroatoms. The lowest BCUT2D eigenvalue weighted by molar-refractivity contribution is 0.139. The van der Waals surface area contributed by atoms with E-state index in [4.69, 9.17) is 0 Å². The Bertz CT molecular complexity index is 722. The fourth-order valence-electron chi connectivity index (χ4n) is 2.16. The average molecular weight is 333 g/mol. The van der Waals surface area contributed by atoms with Crippen LogP contribution in [-0.4, -0.2) is 18.3 Å². The maximum Gasteiger partial charge on any atom is 0.217 e. The van der Waals surface area contributed by atoms with Crippen molar-refractivity contribution in [2.75, 3.05) is 0 Å². The van der Waals surface area contributed by atoms with Gasteiger partial charge in [0.25, 0.3) is 0 Å². The quantitative estimate of drug-likeness (QED) is 0.883. The molecule has 0 saturated carbocycles. The van der Waals surface area contributed by atoms with Crippen LogP contribution >= 0.6 is 0 Å². The second-order valence-corrected chi connectivity index (χ2v) is 8.94. The van der Waals surface area contributed by atoms with Crippen LogP contribution in [0.25, 0.3) is 0 Å². The van der Waals surface area contributed by atoms with E-state index in [1.165, 1.54) is 0 Å². The molecule has 0 saturated heterocycles. The highest BCUT2D eigenvalue weighted by Crippen LogP contribution is 2.31. The topological polar surface area (TPSA) is 66.4 Å². The fraction of sp³-hybridized carbons (Fsp3) is 0.333. The number of aliphatic hydroxyl groups excluding tert-OH is 1. The average Bonchev–Trinajstić information content (AvgIpc) is 2.52. The summed E-state index contributed by atoms with van der Waals surface area (Å²) >= 11 is 0. The van der Waals surface area contributed by atoms with E-state index in [1.54, 1.807) is 32.9 Å². The third-order valence-electron chi connectivity index (χ3n) is 3.70. The van der Waals surface area contributed by atoms with Gasteiger partial charge in [0.15, 0.2) is 0 Å². The number of aliphatic hydroxyl groups is 1. The summed E-state index contributed by atoms with van der Waals surface area (Å²) < 4.78 is 26.8. The van der Waals surface area contributed by atoms with Crippen LogP contribution < -0.4 is 4.72 Å². The van der Waals surface area contributed by atoms with Crippen LogP contribution in [-0.2, 0) is 10.0 Å². The predicted molar refractivity (Wildman–Crippen MR) is 92.4 cm³/mol. The van der Waals surface area contributed by atoms with Gasteiger partial charge in [-0.2, -0.15) is 0 Å². The summed E-state index contributed by atoms with van der Waals surface area (Å²) in [4.78, 5) is 0. The van der Waals surface area contributed by atoms with Gasteiger partial charge < -0.3 is 5.11 Å². The Labute approximate surface area is 138 Å². The van der Waals surface area contributed by atoms with E-state index < -0.39 is 26.9 Å². The molecule has 0 aliphatic heterocycles. The molecule has 4 nitrogen and oxygen atoms in total. The molecule has 0 aliphatic carbocycles. The zero-order valence-corrected chi connectivity index (χ0v) is 14.4. The Kier molecular flexibility index (Phi) is 5.24. The number of rotatable bonds is 5. The third kappa shape index (κ3) is 4.19. The van der Waals surface area contributed by atoms with Crippen molar-refractivity contribution in [3.05, 3.63) is 71.8 Å². The summed E-state index contributed by atoms with van der Waals surface area (Å²) in [6.07, 6.45) is -0.976. The number of sulfonamides is 1. The first-order chi connectivity index (χ1) is 10.7. The minimum absolute atomic E-state index is 0.665. The summed E-state index contributed by atoms with van der Waals surface area (Å²) in [5.41, 5.74) is 1.38. The van der Waals surface area contributed by atoms with Gasteiger partial charge in [0.05, 0.1) is 16.9 Å². The maximum atomic E-state index is 12.5. The smallest absolute Gasteiger partial charge is 0.217 e. The summed E-state index contributed by atoms with van der Waals surface area (Å²) in [6.45, 7) is 4.89. The standard InChI is InChI=1S/C18H23NO3S/c1-18(2,3)23(21,22)19-16(14-10-6-4-7-11-14)17(20)15-12-8-5-9-13-15/h4-13,16-17,19-20H,1-3H3/t16-,17+/m0/s1. The Hall–Kier alpha value is -1.69. The fourth-order valence-corrected chi connectivity index (χ4v) is 3.11. The van der Waals surface area contributed by atoms with Crippen molar-refractivity contribution in [1.29, 1.82) is 0 Å². The first kappa shape index (κ1) is 17.7. The normalized spacial score (nSPS) is 15.1. The molecule has 2 atom stereocenters. The van der Waals surface area contributed by atoms with Crippen LogP contribution in [0.1, 0.15) is 44.0 Å². The van der Waals surface area contributed by atoms with Gasteiger partial charge in [-0.15, -0.1) is 0 Å². The van der Waals surface area contributed by atoms with Crippen molar-refractivity contribution < 1.29 is 13.5 Å². The predicted octanol–water partition coefficient (Wildman–Crippen LogP) is 3.18. The van der Waals surface area contributed by atoms with Gasteiger partial charge in [0.1, 0.15) is 0 Å². The van der Waals surface area contributed by atoms with E-state index in [2.05, 4.69) is 4.72 Å². The Balaban J connectivity index is 2.42. The minimum atomic E-state index is -3.61. The second kappa shape index (κ2) is 6.83. The van der Waals surface area contributed by atoms with Crippen LogP contribution in [0, 0.1) is 0 Å². The molecule has 0 aliphatic rings. The highest BCUT2D eigenvalue weighted by Gasteiger charge is 2.34. The van der Waals surface area contributed by atoms with Crippen molar-refractivity contribution >= 4 is 10.0 Å². The van der Waals surface area contributed by atoms with E-state index in [0.29, 0.717) is 5.56 Å². The summed E-state index contributed by atoms with van der Waals surface area (Å²) in [7, 11) is -3.61. The Morgan fingerprint density at radius 2 is 1.30 bits per heavy atom. The number of hydrogen-bond donors (Lipinski definition) is 2. The van der Waals surface area contributed by atoms with Gasteiger partial charge in [-0.25, -0.2) is 13.1 Å². The lowest BCUT2D eigenvalue weighted by Gasteiger charge is -2.29.